The summed E-state index contributed by atoms with van der Waals surface area (Å²) in [5.74, 6) is -5.15. The normalized spacial score (nSPS) is 10.8. The minimum Gasteiger partial charge on any atom is -0.507 e. The van der Waals surface area contributed by atoms with E-state index in [4.69, 9.17) is 44.1 Å². The van der Waals surface area contributed by atoms with Gasteiger partial charge in [-0.3, -0.25) is 0 Å². The molecule has 256 valence electrons. The summed E-state index contributed by atoms with van der Waals surface area (Å²) in [4.78, 5) is 13.6. The Morgan fingerprint density at radius 3 is 1.59 bits per heavy atom. The Morgan fingerprint density at radius 2 is 1.10 bits per heavy atom. The first kappa shape index (κ1) is 36.8. The molecule has 2 aromatic carbocycles. The maximum absolute atomic E-state index is 14.1. The van der Waals surface area contributed by atoms with E-state index in [1.54, 1.807) is 0 Å². The number of aromatic hydroxyl groups is 1. The Balaban J connectivity index is 0.000000185. The van der Waals surface area contributed by atoms with Crippen molar-refractivity contribution in [2.45, 2.75) is 12.9 Å². The summed E-state index contributed by atoms with van der Waals surface area (Å²) in [6, 6.07) is 8.96. The highest BCUT2D eigenvalue weighted by Crippen LogP contribution is 2.38. The highest BCUT2D eigenvalue weighted by Gasteiger charge is 2.23. The van der Waals surface area contributed by atoms with Gasteiger partial charge in [-0.25, -0.2) is 45.7 Å². The van der Waals surface area contributed by atoms with E-state index >= 15 is 0 Å². The van der Waals surface area contributed by atoms with Gasteiger partial charge in [-0.15, -0.1) is 0 Å². The number of rotatable bonds is 6. The van der Waals surface area contributed by atoms with Gasteiger partial charge in [-0.1, -0.05) is 57.2 Å². The molecule has 10 nitrogen and oxygen atoms in total. The van der Waals surface area contributed by atoms with Gasteiger partial charge in [0.25, 0.3) is 18.7 Å². The summed E-state index contributed by atoms with van der Waals surface area (Å²) in [5.41, 5.74) is -1.86. The van der Waals surface area contributed by atoms with Crippen LogP contribution in [0.1, 0.15) is 24.2 Å². The van der Waals surface area contributed by atoms with Crippen molar-refractivity contribution in [3.8, 4) is 40.0 Å². The molecule has 0 aliphatic rings. The lowest BCUT2D eigenvalue weighted by Gasteiger charge is -2.09. The molecule has 0 bridgehead atoms. The number of halogens is 11. The molecule has 6 aromatic rings. The van der Waals surface area contributed by atoms with Crippen molar-refractivity contribution in [3.63, 3.8) is 0 Å². The summed E-state index contributed by atoms with van der Waals surface area (Å²) >= 11 is 15.9. The van der Waals surface area contributed by atoms with Gasteiger partial charge in [0.15, 0.2) is 32.8 Å². The molecule has 0 saturated heterocycles. The zero-order valence-corrected chi connectivity index (χ0v) is 25.7. The third kappa shape index (κ3) is 9.09. The quantitative estimate of drug-likeness (QED) is 0.129. The molecule has 0 radical (unpaired) electrons. The van der Waals surface area contributed by atoms with Crippen molar-refractivity contribution in [3.05, 3.63) is 111 Å². The van der Waals surface area contributed by atoms with E-state index in [1.165, 1.54) is 24.3 Å². The fourth-order valence-corrected chi connectivity index (χ4v) is 3.88. The van der Waals surface area contributed by atoms with E-state index in [2.05, 4.69) is 34.8 Å². The Hall–Kier alpha value is -5.07. The molecule has 0 saturated carbocycles. The Labute approximate surface area is 282 Å². The highest BCUT2D eigenvalue weighted by atomic mass is 35.5. The fraction of sp³-hybridized carbons (Fsp3) is 0.0714. The third-order valence-electron chi connectivity index (χ3n) is 5.59. The summed E-state index contributed by atoms with van der Waals surface area (Å²) in [6.07, 6.45) is -3.65. The lowest BCUT2D eigenvalue weighted by molar-refractivity contribution is 0.140. The fourth-order valence-electron chi connectivity index (χ4n) is 3.44. The van der Waals surface area contributed by atoms with Gasteiger partial charge in [0, 0.05) is 12.1 Å². The molecule has 0 amide bonds. The van der Waals surface area contributed by atoms with Crippen LogP contribution >= 0.6 is 34.8 Å². The molecule has 1 N–H and O–H groups in total. The van der Waals surface area contributed by atoms with Crippen molar-refractivity contribution in [1.29, 1.82) is 0 Å². The van der Waals surface area contributed by atoms with Gasteiger partial charge < -0.3 is 18.9 Å². The molecule has 0 unspecified atom stereocenters. The van der Waals surface area contributed by atoms with E-state index in [0.29, 0.717) is 0 Å². The average Bonchev–Trinajstić information content (AvgIpc) is 3.74. The minimum absolute atomic E-state index is 0.222. The molecule has 6 rings (SSSR count). The predicted octanol–water partition coefficient (Wildman–Crippen LogP) is 9.84. The van der Waals surface area contributed by atoms with Gasteiger partial charge in [0.2, 0.25) is 5.82 Å². The molecule has 0 aliphatic carbocycles. The minimum atomic E-state index is -2.89. The summed E-state index contributed by atoms with van der Waals surface area (Å²) < 4.78 is 118. The molecule has 4 aromatic heterocycles. The number of nitrogens with zero attached hydrogens (tertiary/aromatic N) is 6. The Bertz CT molecular complexity index is 2010. The van der Waals surface area contributed by atoms with Gasteiger partial charge in [-0.2, -0.15) is 9.37 Å². The second-order valence-corrected chi connectivity index (χ2v) is 9.81. The average molecular weight is 756 g/mol. The van der Waals surface area contributed by atoms with Gasteiger partial charge in [0.05, 0.1) is 11.1 Å². The standard InChI is InChI=1S/C14H6ClF4N3O2.C10H6F3NO2.C4HCl2FN2/c15-12-11(17)14(21-5-20-12)23-8-3-1-2-6(16)10(8)9-4-7(13(18)19)22-24-9;11-5-2-1-3-7(15)9(5)8-4-6(10(12)13)14-16-8;5-3-2(7)4(6)9-1-8-3/h1-5,13H;1-4,10,15H;1H. The van der Waals surface area contributed by atoms with Crippen LogP contribution in [0.3, 0.4) is 0 Å². The van der Waals surface area contributed by atoms with Crippen molar-refractivity contribution >= 4 is 34.8 Å². The Morgan fingerprint density at radius 1 is 0.633 bits per heavy atom. The van der Waals surface area contributed by atoms with Crippen LogP contribution in [0, 0.1) is 23.3 Å². The summed E-state index contributed by atoms with van der Waals surface area (Å²) in [7, 11) is 0. The number of hydrogen-bond donors (Lipinski definition) is 1. The van der Waals surface area contributed by atoms with Crippen LogP contribution in [0.15, 0.2) is 70.2 Å². The van der Waals surface area contributed by atoms with Crippen molar-refractivity contribution < 1.29 is 54.0 Å². The second-order valence-electron chi connectivity index (χ2n) is 8.74. The van der Waals surface area contributed by atoms with Crippen LogP contribution in [-0.4, -0.2) is 35.4 Å². The van der Waals surface area contributed by atoms with Gasteiger partial charge in [-0.05, 0) is 24.3 Å². The number of benzene rings is 2. The topological polar surface area (TPSA) is 133 Å². The number of aromatic nitrogens is 6. The maximum Gasteiger partial charge on any atom is 0.283 e. The van der Waals surface area contributed by atoms with Crippen LogP contribution in [-0.2, 0) is 0 Å². The van der Waals surface area contributed by atoms with E-state index in [9.17, 15) is 40.2 Å². The molecular formula is C28H13Cl3F8N6O4. The maximum atomic E-state index is 14.1. The van der Waals surface area contributed by atoms with Gasteiger partial charge in [0.1, 0.15) is 47.2 Å². The van der Waals surface area contributed by atoms with Crippen molar-refractivity contribution in [1.82, 2.24) is 30.2 Å². The largest absolute Gasteiger partial charge is 0.507 e. The molecule has 0 fully saturated rings. The van der Waals surface area contributed by atoms with E-state index in [-0.39, 0.29) is 38.7 Å². The molecular weight excluding hydrogens is 743 g/mol. The van der Waals surface area contributed by atoms with Gasteiger partial charge >= 0.3 is 0 Å². The number of hydrogen-bond acceptors (Lipinski definition) is 10. The van der Waals surface area contributed by atoms with E-state index in [0.717, 1.165) is 36.9 Å². The lowest BCUT2D eigenvalue weighted by atomic mass is 10.1. The summed E-state index contributed by atoms with van der Waals surface area (Å²) in [5, 5.41) is 14.6. The van der Waals surface area contributed by atoms with Crippen molar-refractivity contribution in [2.24, 2.45) is 0 Å². The van der Waals surface area contributed by atoms with Crippen LogP contribution in [0.5, 0.6) is 17.4 Å². The number of alkyl halides is 4. The first-order chi connectivity index (χ1) is 23.3. The molecule has 49 heavy (non-hydrogen) atoms. The highest BCUT2D eigenvalue weighted by molar-refractivity contribution is 6.33. The predicted molar refractivity (Wildman–Crippen MR) is 154 cm³/mol. The zero-order chi connectivity index (χ0) is 35.8. The SMILES string of the molecule is Fc1c(Cl)ncnc1Cl.Fc1cccc(Oc2ncnc(Cl)c2F)c1-c1cc(C(F)F)no1.Oc1cccc(F)c1-c1cc(C(F)F)no1. The van der Waals surface area contributed by atoms with Crippen molar-refractivity contribution in [2.75, 3.05) is 0 Å². The third-order valence-corrected chi connectivity index (χ3v) is 6.38. The zero-order valence-electron chi connectivity index (χ0n) is 23.4. The second kappa shape index (κ2) is 16.4. The van der Waals surface area contributed by atoms with Crippen LogP contribution in [0.4, 0.5) is 35.1 Å². The molecule has 0 aliphatic heterocycles. The number of phenolic OH excluding ortho intramolecular Hbond substituents is 1. The summed E-state index contributed by atoms with van der Waals surface area (Å²) in [6.45, 7) is 0. The molecule has 0 atom stereocenters. The van der Waals surface area contributed by atoms with Crippen LogP contribution < -0.4 is 4.74 Å². The lowest BCUT2D eigenvalue weighted by Crippen LogP contribution is -1.97. The van der Waals surface area contributed by atoms with Crippen LogP contribution in [0.2, 0.25) is 15.5 Å². The van der Waals surface area contributed by atoms with E-state index < -0.39 is 64.3 Å². The van der Waals surface area contributed by atoms with Crippen LogP contribution in [0.25, 0.3) is 22.6 Å². The molecule has 0 spiro atoms. The first-order valence-corrected chi connectivity index (χ1v) is 13.8. The smallest absolute Gasteiger partial charge is 0.283 e. The number of phenols is 1. The molecule has 4 heterocycles. The molecule has 21 heteroatoms. The van der Waals surface area contributed by atoms with E-state index in [1.807, 2.05) is 0 Å². The first-order valence-electron chi connectivity index (χ1n) is 12.7. The Kier molecular flexibility index (Phi) is 12.3. The monoisotopic (exact) mass is 754 g/mol. The number of ether oxygens (including phenoxy) is 1.